The summed E-state index contributed by atoms with van der Waals surface area (Å²) in [6.07, 6.45) is 0. The molecule has 156 valence electrons. The first-order chi connectivity index (χ1) is 14.2. The highest BCUT2D eigenvalue weighted by molar-refractivity contribution is 7.92. The molecule has 7 heteroatoms. The average Bonchev–Trinajstić information content (AvgIpc) is 2.73. The van der Waals surface area contributed by atoms with Gasteiger partial charge >= 0.3 is 0 Å². The van der Waals surface area contributed by atoms with Crippen LogP contribution in [-0.4, -0.2) is 33.3 Å². The molecule has 3 rings (SSSR count). The maximum Gasteiger partial charge on any atom is 0.264 e. The minimum atomic E-state index is -3.71. The highest BCUT2D eigenvalue weighted by Gasteiger charge is 2.23. The van der Waals surface area contributed by atoms with Crippen molar-refractivity contribution in [1.82, 2.24) is 4.90 Å². The number of nitrogens with zero attached hydrogens (tertiary/aromatic N) is 2. The van der Waals surface area contributed by atoms with Gasteiger partial charge in [0.1, 0.15) is 5.82 Å². The van der Waals surface area contributed by atoms with Crippen LogP contribution in [0.25, 0.3) is 0 Å². The highest BCUT2D eigenvalue weighted by Crippen LogP contribution is 2.26. The van der Waals surface area contributed by atoms with Crippen LogP contribution < -0.4 is 4.31 Å². The lowest BCUT2D eigenvalue weighted by molar-refractivity contribution is 0.0785. The maximum absolute atomic E-state index is 13.4. The largest absolute Gasteiger partial charge is 0.337 e. The first-order valence-corrected chi connectivity index (χ1v) is 10.8. The molecule has 3 aromatic carbocycles. The van der Waals surface area contributed by atoms with Crippen molar-refractivity contribution in [2.24, 2.45) is 0 Å². The lowest BCUT2D eigenvalue weighted by atomic mass is 10.1. The third-order valence-corrected chi connectivity index (χ3v) is 6.63. The van der Waals surface area contributed by atoms with E-state index >= 15 is 0 Å². The molecule has 0 bridgehead atoms. The van der Waals surface area contributed by atoms with Crippen molar-refractivity contribution in [2.45, 2.75) is 18.4 Å². The van der Waals surface area contributed by atoms with Crippen LogP contribution in [0.2, 0.25) is 0 Å². The summed E-state index contributed by atoms with van der Waals surface area (Å²) in [5.41, 5.74) is 2.26. The van der Waals surface area contributed by atoms with Crippen molar-refractivity contribution >= 4 is 21.6 Å². The van der Waals surface area contributed by atoms with Gasteiger partial charge in [-0.1, -0.05) is 30.3 Å². The topological polar surface area (TPSA) is 57.7 Å². The number of carbonyl (C=O) groups excluding carboxylic acids is 1. The molecule has 0 unspecified atom stereocenters. The van der Waals surface area contributed by atoms with Crippen molar-refractivity contribution in [2.75, 3.05) is 18.4 Å². The Morgan fingerprint density at radius 3 is 2.27 bits per heavy atom. The molecule has 0 aliphatic rings. The fourth-order valence-electron chi connectivity index (χ4n) is 3.22. The molecular weight excluding hydrogens is 403 g/mol. The second-order valence-electron chi connectivity index (χ2n) is 7.08. The Balaban J connectivity index is 1.81. The zero-order valence-corrected chi connectivity index (χ0v) is 17.9. The molecule has 5 nitrogen and oxygen atoms in total. The van der Waals surface area contributed by atoms with E-state index in [1.165, 1.54) is 28.4 Å². The lowest BCUT2D eigenvalue weighted by Crippen LogP contribution is -2.28. The van der Waals surface area contributed by atoms with Gasteiger partial charge in [0.25, 0.3) is 15.9 Å². The molecule has 0 saturated carbocycles. The van der Waals surface area contributed by atoms with Crippen LogP contribution in [0.4, 0.5) is 10.1 Å². The fraction of sp³-hybridized carbons (Fsp3) is 0.174. The molecule has 0 saturated heterocycles. The van der Waals surface area contributed by atoms with E-state index in [1.807, 2.05) is 0 Å². The van der Waals surface area contributed by atoms with Crippen LogP contribution in [0.15, 0.2) is 77.7 Å². The van der Waals surface area contributed by atoms with Crippen molar-refractivity contribution < 1.29 is 17.6 Å². The number of anilines is 1. The summed E-state index contributed by atoms with van der Waals surface area (Å²) < 4.78 is 40.3. The Kier molecular flexibility index (Phi) is 6.22. The van der Waals surface area contributed by atoms with Crippen LogP contribution in [0, 0.1) is 12.7 Å². The van der Waals surface area contributed by atoms with Gasteiger partial charge in [0.2, 0.25) is 0 Å². The van der Waals surface area contributed by atoms with E-state index in [4.69, 9.17) is 0 Å². The quantitative estimate of drug-likeness (QED) is 0.593. The number of hydrogen-bond donors (Lipinski definition) is 0. The number of rotatable bonds is 6. The maximum atomic E-state index is 13.4. The summed E-state index contributed by atoms with van der Waals surface area (Å²) in [5.74, 6) is -0.585. The molecular formula is C23H23FN2O3S. The normalized spacial score (nSPS) is 11.2. The number of sulfonamides is 1. The third kappa shape index (κ3) is 4.52. The number of carbonyl (C=O) groups is 1. The molecule has 0 heterocycles. The molecule has 0 aliphatic heterocycles. The summed E-state index contributed by atoms with van der Waals surface area (Å²) in [4.78, 5) is 14.5. The smallest absolute Gasteiger partial charge is 0.264 e. The molecule has 1 amide bonds. The van der Waals surface area contributed by atoms with Crippen LogP contribution in [0.1, 0.15) is 21.5 Å². The molecule has 0 fully saturated rings. The second-order valence-corrected chi connectivity index (χ2v) is 9.05. The predicted octanol–water partition coefficient (Wildman–Crippen LogP) is 4.23. The monoisotopic (exact) mass is 426 g/mol. The van der Waals surface area contributed by atoms with Crippen molar-refractivity contribution in [1.29, 1.82) is 0 Å². The summed E-state index contributed by atoms with van der Waals surface area (Å²) in [7, 11) is -0.577. The van der Waals surface area contributed by atoms with Crippen molar-refractivity contribution in [3.05, 3.63) is 95.3 Å². The van der Waals surface area contributed by atoms with E-state index < -0.39 is 10.0 Å². The first-order valence-electron chi connectivity index (χ1n) is 9.34. The first kappa shape index (κ1) is 21.5. The molecule has 0 spiro atoms. The number of benzene rings is 3. The van der Waals surface area contributed by atoms with Gasteiger partial charge in [0, 0.05) is 26.2 Å². The summed E-state index contributed by atoms with van der Waals surface area (Å²) in [6, 6.07) is 19.2. The van der Waals surface area contributed by atoms with Crippen molar-refractivity contribution in [3.8, 4) is 0 Å². The number of aryl methyl sites for hydroxylation is 1. The molecule has 0 aliphatic carbocycles. The SMILES string of the molecule is Cc1cc(C(=O)N(C)Cc2cccc(F)c2)ccc1N(C)S(=O)(=O)c1ccccc1. The Labute approximate surface area is 176 Å². The van der Waals surface area contributed by atoms with E-state index in [-0.39, 0.29) is 23.2 Å². The summed E-state index contributed by atoms with van der Waals surface area (Å²) in [6.45, 7) is 2.02. The standard InChI is InChI=1S/C23H23FN2O3S/c1-17-14-19(23(27)25(2)16-18-8-7-9-20(24)15-18)12-13-22(17)26(3)30(28,29)21-10-5-4-6-11-21/h4-15H,16H2,1-3H3. The second kappa shape index (κ2) is 8.67. The van der Waals surface area contributed by atoms with Gasteiger partial charge in [-0.15, -0.1) is 0 Å². The molecule has 3 aromatic rings. The zero-order chi connectivity index (χ0) is 21.9. The predicted molar refractivity (Wildman–Crippen MR) is 115 cm³/mol. The molecule has 0 aromatic heterocycles. The van der Waals surface area contributed by atoms with E-state index in [0.29, 0.717) is 22.4 Å². The van der Waals surface area contributed by atoms with Crippen molar-refractivity contribution in [3.63, 3.8) is 0 Å². The highest BCUT2D eigenvalue weighted by atomic mass is 32.2. The van der Waals surface area contributed by atoms with Gasteiger partial charge in [-0.2, -0.15) is 0 Å². The number of hydrogen-bond acceptors (Lipinski definition) is 3. The van der Waals surface area contributed by atoms with E-state index in [2.05, 4.69) is 0 Å². The van der Waals surface area contributed by atoms with Gasteiger partial charge in [-0.25, -0.2) is 12.8 Å². The van der Waals surface area contributed by atoms with E-state index in [1.54, 1.807) is 74.6 Å². The van der Waals surface area contributed by atoms with Gasteiger partial charge in [-0.05, 0) is 60.5 Å². The van der Waals surface area contributed by atoms with Crippen LogP contribution in [0.5, 0.6) is 0 Å². The van der Waals surface area contributed by atoms with Crippen LogP contribution in [-0.2, 0) is 16.6 Å². The molecule has 0 N–H and O–H groups in total. The van der Waals surface area contributed by atoms with Crippen LogP contribution >= 0.6 is 0 Å². The molecule has 0 atom stereocenters. The summed E-state index contributed by atoms with van der Waals surface area (Å²) in [5, 5.41) is 0. The number of amides is 1. The Morgan fingerprint density at radius 2 is 1.63 bits per heavy atom. The minimum absolute atomic E-state index is 0.196. The number of halogens is 1. The lowest BCUT2D eigenvalue weighted by Gasteiger charge is -2.23. The van der Waals surface area contributed by atoms with Gasteiger partial charge in [-0.3, -0.25) is 9.10 Å². The minimum Gasteiger partial charge on any atom is -0.337 e. The Morgan fingerprint density at radius 1 is 0.933 bits per heavy atom. The third-order valence-electron chi connectivity index (χ3n) is 4.84. The van der Waals surface area contributed by atoms with Crippen LogP contribution in [0.3, 0.4) is 0 Å². The Hall–Kier alpha value is -3.19. The average molecular weight is 427 g/mol. The van der Waals surface area contributed by atoms with Gasteiger partial charge < -0.3 is 4.90 Å². The van der Waals surface area contributed by atoms with Gasteiger partial charge in [0.05, 0.1) is 10.6 Å². The van der Waals surface area contributed by atoms with Gasteiger partial charge in [0.15, 0.2) is 0 Å². The summed E-state index contributed by atoms with van der Waals surface area (Å²) >= 11 is 0. The molecule has 30 heavy (non-hydrogen) atoms. The Bertz CT molecular complexity index is 1160. The molecule has 0 radical (unpaired) electrons. The fourth-order valence-corrected chi connectivity index (χ4v) is 4.50. The van der Waals surface area contributed by atoms with E-state index in [0.717, 1.165) is 0 Å². The zero-order valence-electron chi connectivity index (χ0n) is 17.0. The van der Waals surface area contributed by atoms with E-state index in [9.17, 15) is 17.6 Å².